The first-order chi connectivity index (χ1) is 18.6. The largest absolute Gasteiger partial charge is 0.391 e. The van der Waals surface area contributed by atoms with Gasteiger partial charge in [-0.15, -0.1) is 0 Å². The number of hydrogen-bond acceptors (Lipinski definition) is 5. The van der Waals surface area contributed by atoms with E-state index in [0.717, 1.165) is 29.4 Å². The Kier molecular flexibility index (Phi) is 9.14. The lowest BCUT2D eigenvalue weighted by Gasteiger charge is -2.24. The number of benzene rings is 2. The van der Waals surface area contributed by atoms with E-state index in [1.54, 1.807) is 24.8 Å². The molecule has 4 aromatic rings. The summed E-state index contributed by atoms with van der Waals surface area (Å²) < 4.78 is 28.7. The van der Waals surface area contributed by atoms with E-state index >= 15 is 0 Å². The van der Waals surface area contributed by atoms with E-state index < -0.39 is 23.7 Å². The van der Waals surface area contributed by atoms with E-state index in [1.165, 1.54) is 11.6 Å². The van der Waals surface area contributed by atoms with Crippen molar-refractivity contribution in [1.29, 1.82) is 0 Å². The Morgan fingerprint density at radius 3 is 2.44 bits per heavy atom. The van der Waals surface area contributed by atoms with E-state index in [-0.39, 0.29) is 24.1 Å². The van der Waals surface area contributed by atoms with Crippen LogP contribution in [-0.4, -0.2) is 44.2 Å². The third-order valence-corrected chi connectivity index (χ3v) is 6.59. The Balaban J connectivity index is 1.53. The zero-order valence-electron chi connectivity index (χ0n) is 23.0. The maximum Gasteiger partial charge on any atom is 0.149 e. The van der Waals surface area contributed by atoms with Crippen molar-refractivity contribution in [2.75, 3.05) is 18.4 Å². The molecule has 2 unspecified atom stereocenters. The number of imidazole rings is 2. The molecule has 208 valence electrons. The van der Waals surface area contributed by atoms with Gasteiger partial charge < -0.3 is 25.7 Å². The first kappa shape index (κ1) is 28.4. The van der Waals surface area contributed by atoms with Gasteiger partial charge in [0, 0.05) is 62.0 Å². The van der Waals surface area contributed by atoms with Crippen LogP contribution in [0.25, 0.3) is 11.4 Å². The molecule has 2 aromatic heterocycles. The van der Waals surface area contributed by atoms with Crippen LogP contribution in [0, 0.1) is 17.0 Å². The highest BCUT2D eigenvalue weighted by Gasteiger charge is 2.26. The molecular weight excluding hydrogens is 498 g/mol. The minimum absolute atomic E-state index is 0.144. The van der Waals surface area contributed by atoms with Crippen molar-refractivity contribution >= 4 is 5.69 Å². The van der Waals surface area contributed by atoms with E-state index in [2.05, 4.69) is 69.5 Å². The standard InChI is InChI=1S/C30H38F2N6O/c1-5-34-27-20(13-22(31)15-25(27)32)14-24(29-37-10-11-38-29)26(39)18-33-17-21-12-19(16-30(2,3)4)6-7-23(21)28-35-8-9-36-28/h6-13,15,24,26,33-34,39H,5,14,16-18H2,1-4H3,(H,35,36)(H,37,38). The number of aliphatic hydroxyl groups excluding tert-OH is 1. The van der Waals surface area contributed by atoms with Gasteiger partial charge in [0.1, 0.15) is 23.3 Å². The summed E-state index contributed by atoms with van der Waals surface area (Å²) in [4.78, 5) is 15.0. The molecule has 0 bridgehead atoms. The smallest absolute Gasteiger partial charge is 0.149 e. The summed E-state index contributed by atoms with van der Waals surface area (Å²) >= 11 is 0. The van der Waals surface area contributed by atoms with Crippen molar-refractivity contribution < 1.29 is 13.9 Å². The number of rotatable bonds is 12. The SMILES string of the molecule is CCNc1c(F)cc(F)cc1CC(c1ncc[nH]1)C(O)CNCc1cc(CC(C)(C)C)ccc1-c1ncc[nH]1. The Hall–Kier alpha value is -3.56. The van der Waals surface area contributed by atoms with Gasteiger partial charge in [-0.3, -0.25) is 0 Å². The predicted octanol–water partition coefficient (Wildman–Crippen LogP) is 5.58. The zero-order valence-corrected chi connectivity index (χ0v) is 23.0. The Morgan fingerprint density at radius 2 is 1.77 bits per heavy atom. The zero-order chi connectivity index (χ0) is 28.0. The fourth-order valence-electron chi connectivity index (χ4n) is 4.95. The third-order valence-electron chi connectivity index (χ3n) is 6.59. The first-order valence-electron chi connectivity index (χ1n) is 13.4. The lowest BCUT2D eigenvalue weighted by molar-refractivity contribution is 0.136. The van der Waals surface area contributed by atoms with E-state index in [1.807, 2.05) is 6.92 Å². The van der Waals surface area contributed by atoms with E-state index in [9.17, 15) is 13.9 Å². The molecule has 0 radical (unpaired) electrons. The number of anilines is 1. The topological polar surface area (TPSA) is 102 Å². The average molecular weight is 537 g/mol. The fraction of sp³-hybridized carbons (Fsp3) is 0.400. The fourth-order valence-corrected chi connectivity index (χ4v) is 4.95. The highest BCUT2D eigenvalue weighted by atomic mass is 19.1. The molecule has 0 aliphatic carbocycles. The Bertz CT molecular complexity index is 1330. The molecule has 9 heteroatoms. The van der Waals surface area contributed by atoms with Crippen LogP contribution in [-0.2, 0) is 19.4 Å². The first-order valence-corrected chi connectivity index (χ1v) is 13.4. The average Bonchev–Trinajstić information content (AvgIpc) is 3.58. The molecular formula is C30H38F2N6O. The van der Waals surface area contributed by atoms with Crippen molar-refractivity contribution in [3.63, 3.8) is 0 Å². The summed E-state index contributed by atoms with van der Waals surface area (Å²) in [5.74, 6) is -0.483. The number of aromatic nitrogens is 4. The normalized spacial score (nSPS) is 13.4. The van der Waals surface area contributed by atoms with Gasteiger partial charge in [-0.25, -0.2) is 18.7 Å². The monoisotopic (exact) mass is 536 g/mol. The molecule has 2 atom stereocenters. The number of nitrogens with one attached hydrogen (secondary N) is 4. The molecule has 4 rings (SSSR count). The summed E-state index contributed by atoms with van der Waals surface area (Å²) in [5.41, 5.74) is 4.13. The van der Waals surface area contributed by atoms with Crippen molar-refractivity contribution in [2.24, 2.45) is 5.41 Å². The van der Waals surface area contributed by atoms with Gasteiger partial charge in [-0.1, -0.05) is 39.0 Å². The number of H-pyrrole nitrogens is 2. The van der Waals surface area contributed by atoms with E-state index in [0.29, 0.717) is 24.5 Å². The molecule has 2 heterocycles. The second-order valence-electron chi connectivity index (χ2n) is 11.1. The summed E-state index contributed by atoms with van der Waals surface area (Å²) in [7, 11) is 0. The van der Waals surface area contributed by atoms with Crippen LogP contribution < -0.4 is 10.6 Å². The second kappa shape index (κ2) is 12.5. The van der Waals surface area contributed by atoms with Crippen molar-refractivity contribution in [3.8, 4) is 11.4 Å². The van der Waals surface area contributed by atoms with Gasteiger partial charge in [0.25, 0.3) is 0 Å². The molecule has 2 aromatic carbocycles. The van der Waals surface area contributed by atoms with Gasteiger partial charge in [-0.2, -0.15) is 0 Å². The van der Waals surface area contributed by atoms with Crippen LogP contribution in [0.3, 0.4) is 0 Å². The van der Waals surface area contributed by atoms with Crippen molar-refractivity contribution in [3.05, 3.63) is 89.3 Å². The summed E-state index contributed by atoms with van der Waals surface area (Å²) in [6.45, 7) is 9.72. The number of hydrogen-bond donors (Lipinski definition) is 5. The summed E-state index contributed by atoms with van der Waals surface area (Å²) in [6, 6.07) is 8.58. The Labute approximate surface area is 228 Å². The lowest BCUT2D eigenvalue weighted by atomic mass is 9.87. The van der Waals surface area contributed by atoms with Crippen molar-refractivity contribution in [1.82, 2.24) is 25.3 Å². The lowest BCUT2D eigenvalue weighted by Crippen LogP contribution is -2.33. The number of aliphatic hydroxyl groups is 1. The maximum absolute atomic E-state index is 14.6. The highest BCUT2D eigenvalue weighted by molar-refractivity contribution is 5.61. The van der Waals surface area contributed by atoms with Crippen LogP contribution in [0.5, 0.6) is 0 Å². The number of aromatic amines is 2. The second-order valence-corrected chi connectivity index (χ2v) is 11.1. The molecule has 0 amide bonds. The van der Waals surface area contributed by atoms with E-state index in [4.69, 9.17) is 0 Å². The molecule has 0 aliphatic rings. The van der Waals surface area contributed by atoms with Gasteiger partial charge in [0.2, 0.25) is 0 Å². The molecule has 0 saturated heterocycles. The van der Waals surface area contributed by atoms with Gasteiger partial charge >= 0.3 is 0 Å². The summed E-state index contributed by atoms with van der Waals surface area (Å²) in [6.07, 6.45) is 7.06. The predicted molar refractivity (Wildman–Crippen MR) is 150 cm³/mol. The Morgan fingerprint density at radius 1 is 1.00 bits per heavy atom. The van der Waals surface area contributed by atoms with Crippen LogP contribution >= 0.6 is 0 Å². The minimum Gasteiger partial charge on any atom is -0.391 e. The molecule has 39 heavy (non-hydrogen) atoms. The van der Waals surface area contributed by atoms with Crippen LogP contribution in [0.15, 0.2) is 55.1 Å². The van der Waals surface area contributed by atoms with Crippen LogP contribution in [0.4, 0.5) is 14.5 Å². The third kappa shape index (κ3) is 7.52. The molecule has 5 N–H and O–H groups in total. The van der Waals surface area contributed by atoms with Gasteiger partial charge in [0.15, 0.2) is 0 Å². The van der Waals surface area contributed by atoms with Gasteiger partial charge in [0.05, 0.1) is 11.8 Å². The molecule has 7 nitrogen and oxygen atoms in total. The number of nitrogens with zero attached hydrogens (tertiary/aromatic N) is 2. The molecule has 0 saturated carbocycles. The van der Waals surface area contributed by atoms with Crippen LogP contribution in [0.2, 0.25) is 0 Å². The van der Waals surface area contributed by atoms with Crippen LogP contribution in [0.1, 0.15) is 56.1 Å². The van der Waals surface area contributed by atoms with Gasteiger partial charge in [-0.05, 0) is 47.9 Å². The number of halogens is 2. The maximum atomic E-state index is 14.6. The minimum atomic E-state index is -0.873. The quantitative estimate of drug-likeness (QED) is 0.163. The van der Waals surface area contributed by atoms with Crippen molar-refractivity contribution in [2.45, 2.75) is 59.1 Å². The highest BCUT2D eigenvalue weighted by Crippen LogP contribution is 2.30. The molecule has 0 aliphatic heterocycles. The molecule has 0 fully saturated rings. The summed E-state index contributed by atoms with van der Waals surface area (Å²) in [5, 5.41) is 17.7. The molecule has 0 spiro atoms.